The van der Waals surface area contributed by atoms with Gasteiger partial charge in [-0.25, -0.2) is 39.3 Å². The second-order valence-electron chi connectivity index (χ2n) is 13.4. The van der Waals surface area contributed by atoms with Crippen LogP contribution in [0.1, 0.15) is 22.0 Å². The first-order valence-corrected chi connectivity index (χ1v) is 21.4. The average molecular weight is 951 g/mol. The van der Waals surface area contributed by atoms with Crippen LogP contribution in [0.25, 0.3) is 33.1 Å². The molecule has 64 heavy (non-hydrogen) atoms. The summed E-state index contributed by atoms with van der Waals surface area (Å²) < 4.78 is 19.3. The van der Waals surface area contributed by atoms with Gasteiger partial charge in [0.25, 0.3) is 0 Å². The zero-order valence-corrected chi connectivity index (χ0v) is 36.9. The molecule has 0 aliphatic carbocycles. The zero-order valence-electron chi connectivity index (χ0n) is 33.8. The Morgan fingerprint density at radius 3 is 1.72 bits per heavy atom. The van der Waals surface area contributed by atoms with Crippen molar-refractivity contribution in [1.29, 1.82) is 0 Å². The van der Waals surface area contributed by atoms with Crippen molar-refractivity contribution in [2.24, 2.45) is 0 Å². The third-order valence-corrected chi connectivity index (χ3v) is 10.5. The largest absolute Gasteiger partial charge is 0.395 e. The molecule has 9 heterocycles. The molecule has 0 aliphatic heterocycles. The third-order valence-electron chi connectivity index (χ3n) is 9.19. The van der Waals surface area contributed by atoms with Gasteiger partial charge in [-0.2, -0.15) is 19.9 Å². The highest BCUT2D eigenvalue weighted by Gasteiger charge is 2.18. The van der Waals surface area contributed by atoms with Crippen molar-refractivity contribution in [2.45, 2.75) is 46.2 Å². The summed E-state index contributed by atoms with van der Waals surface area (Å²) in [6, 6.07) is 5.55. The number of fused-ring (bicyclic) bond motifs is 3. The Morgan fingerprint density at radius 1 is 0.609 bits per heavy atom. The van der Waals surface area contributed by atoms with Gasteiger partial charge in [0.05, 0.1) is 67.0 Å². The number of aromatic nitrogens is 14. The van der Waals surface area contributed by atoms with Gasteiger partial charge < -0.3 is 45.0 Å². The van der Waals surface area contributed by atoms with E-state index in [4.69, 9.17) is 50.1 Å². The quantitative estimate of drug-likeness (QED) is 0.0689. The summed E-state index contributed by atoms with van der Waals surface area (Å²) in [4.78, 5) is 45.3. The van der Waals surface area contributed by atoms with Crippen LogP contribution in [0.3, 0.4) is 0 Å². The minimum Gasteiger partial charge on any atom is -0.395 e. The van der Waals surface area contributed by atoms with Crippen molar-refractivity contribution in [3.63, 3.8) is 0 Å². The number of rotatable bonds is 15. The molecule has 0 saturated heterocycles. The van der Waals surface area contributed by atoms with Crippen molar-refractivity contribution in [3.8, 4) is 0 Å². The number of anilines is 3. The normalized spacial score (nSPS) is 11.1. The molecule has 0 unspecified atom stereocenters. The second-order valence-corrected chi connectivity index (χ2v) is 15.4. The van der Waals surface area contributed by atoms with Crippen LogP contribution in [0, 0.1) is 12.7 Å². The standard InChI is InChI=1S/C14H15ClN6O.C13H13ClN6O.C12H11ClFN5OS/c1-9-7-21(4-5-22)13-11(9)12(19-14(15)20-13)17-6-10-2-3-16-8-18-10;14-13-18-11(16-7-9-1-3-15-8-17-9)10-2-4-20(5-6-21)12(10)19-13;13-12-17-10(16-5-8-15-1-4-21-8)9-7(14)6-19(2-3-20)11(9)18-12/h2-3,7-8,22H,4-6H2,1H3,(H,17,19,20);1-4,8,21H,5-7H2,(H,16,18,19);1,4,6,20H,2-3,5H2,(H,16,17,18). The van der Waals surface area contributed by atoms with E-state index in [1.54, 1.807) is 18.6 Å². The summed E-state index contributed by atoms with van der Waals surface area (Å²) in [6.07, 6.45) is 13.1. The summed E-state index contributed by atoms with van der Waals surface area (Å²) in [7, 11) is 0. The van der Waals surface area contributed by atoms with E-state index in [0.29, 0.717) is 67.1 Å². The number of aliphatic hydroxyl groups is 3. The van der Waals surface area contributed by atoms with Crippen LogP contribution in [-0.4, -0.2) is 104 Å². The molecule has 0 fully saturated rings. The average Bonchev–Trinajstić information content (AvgIpc) is 4.10. The fourth-order valence-corrected chi connectivity index (χ4v) is 7.48. The highest BCUT2D eigenvalue weighted by Crippen LogP contribution is 2.29. The van der Waals surface area contributed by atoms with Gasteiger partial charge in [0.1, 0.15) is 52.1 Å². The molecule has 25 heteroatoms. The monoisotopic (exact) mass is 949 g/mol. The van der Waals surface area contributed by atoms with Crippen molar-refractivity contribution in [2.75, 3.05) is 35.8 Å². The summed E-state index contributed by atoms with van der Waals surface area (Å²) in [5, 5.41) is 41.7. The minimum absolute atomic E-state index is 0.0152. The molecule has 9 aromatic rings. The Labute approximate surface area is 382 Å². The van der Waals surface area contributed by atoms with E-state index < -0.39 is 5.82 Å². The molecule has 0 spiro atoms. The number of aliphatic hydroxyl groups excluding tert-OH is 3. The highest BCUT2D eigenvalue weighted by atomic mass is 35.5. The van der Waals surface area contributed by atoms with Crippen molar-refractivity contribution >= 4 is 96.7 Å². The summed E-state index contributed by atoms with van der Waals surface area (Å²) in [5.74, 6) is 1.15. The van der Waals surface area contributed by atoms with Crippen molar-refractivity contribution in [3.05, 3.63) is 117 Å². The molecule has 0 aromatic carbocycles. The predicted octanol–water partition coefficient (Wildman–Crippen LogP) is 5.55. The molecule has 0 amide bonds. The van der Waals surface area contributed by atoms with E-state index in [2.05, 4.69) is 70.8 Å². The van der Waals surface area contributed by atoms with Crippen LogP contribution in [0.15, 0.2) is 73.4 Å². The first-order chi connectivity index (χ1) is 31.1. The zero-order chi connectivity index (χ0) is 45.0. The lowest BCUT2D eigenvalue weighted by Crippen LogP contribution is -2.06. The second kappa shape index (κ2) is 21.9. The SMILES string of the molecule is Cc1cn(CCO)c2nc(Cl)nc(NCc3ccncn3)c12.OCCn1cc(F)c2c(NCc3nccs3)nc(Cl)nc21.OCCn1ccc2c(NCc3ccncn3)nc(Cl)nc21. The van der Waals surface area contributed by atoms with Gasteiger partial charge in [0.15, 0.2) is 5.82 Å². The number of thiazole rings is 1. The molecular weight excluding hydrogens is 912 g/mol. The smallest absolute Gasteiger partial charge is 0.226 e. The number of hydrogen-bond acceptors (Lipinski definition) is 18. The first-order valence-electron chi connectivity index (χ1n) is 19.3. The molecule has 20 nitrogen and oxygen atoms in total. The number of nitrogens with one attached hydrogen (secondary N) is 3. The van der Waals surface area contributed by atoms with Gasteiger partial charge in [-0.15, -0.1) is 11.3 Å². The summed E-state index contributed by atoms with van der Waals surface area (Å²) >= 11 is 19.4. The highest BCUT2D eigenvalue weighted by molar-refractivity contribution is 7.09. The van der Waals surface area contributed by atoms with Crippen LogP contribution in [0.2, 0.25) is 15.9 Å². The van der Waals surface area contributed by atoms with Gasteiger partial charge in [-0.3, -0.25) is 0 Å². The maximum atomic E-state index is 14.1. The Balaban J connectivity index is 0.000000144. The predicted molar refractivity (Wildman–Crippen MR) is 242 cm³/mol. The first kappa shape index (κ1) is 45.7. The van der Waals surface area contributed by atoms with E-state index in [0.717, 1.165) is 32.7 Å². The lowest BCUT2D eigenvalue weighted by atomic mass is 10.2. The molecule has 332 valence electrons. The third kappa shape index (κ3) is 11.3. The summed E-state index contributed by atoms with van der Waals surface area (Å²) in [6.45, 7) is 4.53. The number of aryl methyl sites for hydroxylation is 1. The molecule has 0 aliphatic rings. The molecule has 0 atom stereocenters. The topological polar surface area (TPSA) is 253 Å². The number of halogens is 4. The molecule has 9 rings (SSSR count). The molecule has 0 radical (unpaired) electrons. The van der Waals surface area contributed by atoms with Crippen LogP contribution < -0.4 is 16.0 Å². The molecular formula is C39H39Cl3FN17O3S. The van der Waals surface area contributed by atoms with Crippen LogP contribution >= 0.6 is 46.1 Å². The maximum Gasteiger partial charge on any atom is 0.226 e. The molecule has 0 saturated carbocycles. The van der Waals surface area contributed by atoms with E-state index >= 15 is 0 Å². The Hall–Kier alpha value is -6.27. The van der Waals surface area contributed by atoms with Crippen molar-refractivity contribution in [1.82, 2.24) is 68.5 Å². The molecule has 6 N–H and O–H groups in total. The Morgan fingerprint density at radius 2 is 1.14 bits per heavy atom. The van der Waals surface area contributed by atoms with Crippen LogP contribution in [-0.2, 0) is 39.3 Å². The van der Waals surface area contributed by atoms with Gasteiger partial charge in [-0.1, -0.05) is 0 Å². The van der Waals surface area contributed by atoms with Crippen LogP contribution in [0.5, 0.6) is 0 Å². The molecule has 9 aromatic heterocycles. The van der Waals surface area contributed by atoms with Gasteiger partial charge >= 0.3 is 0 Å². The van der Waals surface area contributed by atoms with E-state index in [1.807, 2.05) is 52.0 Å². The van der Waals surface area contributed by atoms with Crippen molar-refractivity contribution < 1.29 is 19.7 Å². The van der Waals surface area contributed by atoms with E-state index in [-0.39, 0.29) is 47.6 Å². The molecule has 0 bridgehead atoms. The van der Waals surface area contributed by atoms with Gasteiger partial charge in [0, 0.05) is 62.2 Å². The number of hydrogen-bond donors (Lipinski definition) is 6. The number of nitrogens with zero attached hydrogens (tertiary/aromatic N) is 14. The fraction of sp³-hybridized carbons (Fsp3) is 0.256. The fourth-order valence-electron chi connectivity index (χ4n) is 6.43. The lowest BCUT2D eigenvalue weighted by molar-refractivity contribution is 0.277. The maximum absolute atomic E-state index is 14.1. The van der Waals surface area contributed by atoms with Crippen LogP contribution in [0.4, 0.5) is 21.8 Å². The van der Waals surface area contributed by atoms with Gasteiger partial charge in [-0.05, 0) is 65.5 Å². The lowest BCUT2D eigenvalue weighted by Gasteiger charge is -2.08. The Bertz CT molecular complexity index is 2920. The Kier molecular flexibility index (Phi) is 15.6. The van der Waals surface area contributed by atoms with E-state index in [9.17, 15) is 4.39 Å². The summed E-state index contributed by atoms with van der Waals surface area (Å²) in [5.41, 5.74) is 4.47. The van der Waals surface area contributed by atoms with E-state index in [1.165, 1.54) is 34.8 Å². The minimum atomic E-state index is -0.461. The van der Waals surface area contributed by atoms with Gasteiger partial charge in [0.2, 0.25) is 15.9 Å².